The smallest absolute Gasteiger partial charge is 0.234 e. The molecule has 18 heavy (non-hydrogen) atoms. The predicted molar refractivity (Wildman–Crippen MR) is 69.2 cm³/mol. The average Bonchev–Trinajstić information content (AvgIpc) is 2.76. The van der Waals surface area contributed by atoms with E-state index in [1.807, 2.05) is 19.3 Å². The first-order valence-electron chi connectivity index (χ1n) is 6.42. The molecular weight excluding hydrogens is 230 g/mol. The van der Waals surface area contributed by atoms with Gasteiger partial charge in [0.2, 0.25) is 5.91 Å². The molecule has 0 radical (unpaired) electrons. The Morgan fingerprint density at radius 1 is 1.50 bits per heavy atom. The Bertz CT molecular complexity index is 384. The zero-order chi connectivity index (χ0) is 12.8. The van der Waals surface area contributed by atoms with Gasteiger partial charge in [0, 0.05) is 52.4 Å². The molecule has 0 spiro atoms. The summed E-state index contributed by atoms with van der Waals surface area (Å²) in [6.45, 7) is 5.01. The largest absolute Gasteiger partial charge is 0.355 e. The monoisotopic (exact) mass is 251 g/mol. The molecule has 0 saturated carbocycles. The molecule has 100 valence electrons. The summed E-state index contributed by atoms with van der Waals surface area (Å²) in [6.07, 6.45) is 2.70. The number of nitrogens with one attached hydrogen (secondary N) is 2. The van der Waals surface area contributed by atoms with Gasteiger partial charge in [-0.15, -0.1) is 0 Å². The zero-order valence-corrected chi connectivity index (χ0v) is 10.9. The third-order valence-corrected chi connectivity index (χ3v) is 3.05. The predicted octanol–water partition coefficient (Wildman–Crippen LogP) is -1.02. The molecule has 0 aliphatic carbocycles. The highest BCUT2D eigenvalue weighted by atomic mass is 16.2. The lowest BCUT2D eigenvalue weighted by atomic mass is 10.3. The number of carbonyl (C=O) groups is 1. The fourth-order valence-corrected chi connectivity index (χ4v) is 2.05. The van der Waals surface area contributed by atoms with Gasteiger partial charge in [-0.05, 0) is 6.07 Å². The molecule has 1 fully saturated rings. The Kier molecular flexibility index (Phi) is 4.72. The van der Waals surface area contributed by atoms with E-state index in [1.54, 1.807) is 4.68 Å². The van der Waals surface area contributed by atoms with Gasteiger partial charge in [0.25, 0.3) is 0 Å². The second kappa shape index (κ2) is 6.51. The van der Waals surface area contributed by atoms with Gasteiger partial charge in [0.05, 0.1) is 12.2 Å². The van der Waals surface area contributed by atoms with Crippen LogP contribution in [0.4, 0.5) is 0 Å². The van der Waals surface area contributed by atoms with Crippen molar-refractivity contribution in [2.24, 2.45) is 7.05 Å². The van der Waals surface area contributed by atoms with Crippen molar-refractivity contribution in [2.75, 3.05) is 39.3 Å². The van der Waals surface area contributed by atoms with Gasteiger partial charge < -0.3 is 10.6 Å². The van der Waals surface area contributed by atoms with Crippen LogP contribution in [0.5, 0.6) is 0 Å². The average molecular weight is 251 g/mol. The number of aryl methyl sites for hydroxylation is 1. The summed E-state index contributed by atoms with van der Waals surface area (Å²) >= 11 is 0. The van der Waals surface area contributed by atoms with E-state index in [1.165, 1.54) is 0 Å². The molecule has 0 atom stereocenters. The van der Waals surface area contributed by atoms with Crippen LogP contribution >= 0.6 is 0 Å². The summed E-state index contributed by atoms with van der Waals surface area (Å²) in [6, 6.07) is 1.97. The van der Waals surface area contributed by atoms with Crippen LogP contribution in [-0.4, -0.2) is 59.9 Å². The maximum atomic E-state index is 11.7. The third kappa shape index (κ3) is 4.12. The van der Waals surface area contributed by atoms with Crippen LogP contribution in [0.2, 0.25) is 0 Å². The van der Waals surface area contributed by atoms with Gasteiger partial charge >= 0.3 is 0 Å². The molecule has 1 aliphatic heterocycles. The molecule has 0 unspecified atom stereocenters. The summed E-state index contributed by atoms with van der Waals surface area (Å²) in [5.74, 6) is 0.104. The number of aromatic nitrogens is 2. The molecule has 1 amide bonds. The molecule has 1 aliphatic rings. The molecule has 1 aromatic rings. The number of carbonyl (C=O) groups excluding carboxylic acids is 1. The van der Waals surface area contributed by atoms with Crippen LogP contribution in [0.15, 0.2) is 12.3 Å². The van der Waals surface area contributed by atoms with E-state index in [0.29, 0.717) is 13.1 Å². The zero-order valence-electron chi connectivity index (χ0n) is 10.9. The van der Waals surface area contributed by atoms with Crippen LogP contribution in [-0.2, 0) is 18.3 Å². The van der Waals surface area contributed by atoms with Crippen LogP contribution < -0.4 is 10.6 Å². The van der Waals surface area contributed by atoms with Gasteiger partial charge in [-0.1, -0.05) is 0 Å². The Balaban J connectivity index is 1.62. The van der Waals surface area contributed by atoms with Crippen molar-refractivity contribution < 1.29 is 4.79 Å². The molecule has 1 aromatic heterocycles. The molecule has 0 aromatic carbocycles. The van der Waals surface area contributed by atoms with Crippen molar-refractivity contribution in [1.29, 1.82) is 0 Å². The highest BCUT2D eigenvalue weighted by Gasteiger charge is 2.12. The normalized spacial score (nSPS) is 16.7. The standard InChI is InChI=1S/C12H21N5O/c1-16-7-3-11(15-16)2-4-14-12(18)10-17-8-5-13-6-9-17/h3,7,13H,2,4-6,8-10H2,1H3,(H,14,18). The number of piperazine rings is 1. The third-order valence-electron chi connectivity index (χ3n) is 3.05. The Morgan fingerprint density at radius 2 is 2.28 bits per heavy atom. The van der Waals surface area contributed by atoms with E-state index in [4.69, 9.17) is 0 Å². The summed E-state index contributed by atoms with van der Waals surface area (Å²) in [4.78, 5) is 13.9. The van der Waals surface area contributed by atoms with E-state index in [-0.39, 0.29) is 5.91 Å². The van der Waals surface area contributed by atoms with Crippen molar-refractivity contribution in [3.8, 4) is 0 Å². The molecule has 2 rings (SSSR count). The lowest BCUT2D eigenvalue weighted by molar-refractivity contribution is -0.122. The quantitative estimate of drug-likeness (QED) is 0.703. The molecule has 6 heteroatoms. The minimum atomic E-state index is 0.104. The molecule has 2 heterocycles. The van der Waals surface area contributed by atoms with Gasteiger partial charge in [-0.25, -0.2) is 0 Å². The van der Waals surface area contributed by atoms with Crippen LogP contribution in [0.3, 0.4) is 0 Å². The Labute approximate surface area is 107 Å². The van der Waals surface area contributed by atoms with Crippen molar-refractivity contribution in [1.82, 2.24) is 25.3 Å². The number of amides is 1. The molecule has 2 N–H and O–H groups in total. The van der Waals surface area contributed by atoms with Crippen LogP contribution in [0.1, 0.15) is 5.69 Å². The van der Waals surface area contributed by atoms with E-state index in [0.717, 1.165) is 38.3 Å². The lowest BCUT2D eigenvalue weighted by Gasteiger charge is -2.26. The van der Waals surface area contributed by atoms with Gasteiger partial charge in [-0.2, -0.15) is 5.10 Å². The number of hydrogen-bond acceptors (Lipinski definition) is 4. The number of hydrogen-bond donors (Lipinski definition) is 2. The summed E-state index contributed by atoms with van der Waals surface area (Å²) in [5.41, 5.74) is 1.01. The second-order valence-corrected chi connectivity index (χ2v) is 4.61. The topological polar surface area (TPSA) is 62.2 Å². The fourth-order valence-electron chi connectivity index (χ4n) is 2.05. The van der Waals surface area contributed by atoms with Crippen molar-refractivity contribution in [2.45, 2.75) is 6.42 Å². The lowest BCUT2D eigenvalue weighted by Crippen LogP contribution is -2.47. The first-order chi connectivity index (χ1) is 8.74. The molecule has 6 nitrogen and oxygen atoms in total. The highest BCUT2D eigenvalue weighted by Crippen LogP contribution is 1.94. The van der Waals surface area contributed by atoms with Gasteiger partial charge in [0.1, 0.15) is 0 Å². The maximum absolute atomic E-state index is 11.7. The minimum absolute atomic E-state index is 0.104. The summed E-state index contributed by atoms with van der Waals surface area (Å²) in [7, 11) is 1.90. The Morgan fingerprint density at radius 3 is 2.94 bits per heavy atom. The first kappa shape index (κ1) is 13.0. The number of nitrogens with zero attached hydrogens (tertiary/aromatic N) is 3. The van der Waals surface area contributed by atoms with Gasteiger partial charge in [-0.3, -0.25) is 14.4 Å². The van der Waals surface area contributed by atoms with Crippen molar-refractivity contribution in [3.63, 3.8) is 0 Å². The van der Waals surface area contributed by atoms with E-state index < -0.39 is 0 Å². The maximum Gasteiger partial charge on any atom is 0.234 e. The van der Waals surface area contributed by atoms with Gasteiger partial charge in [0.15, 0.2) is 0 Å². The fraction of sp³-hybridized carbons (Fsp3) is 0.667. The van der Waals surface area contributed by atoms with Crippen molar-refractivity contribution in [3.05, 3.63) is 18.0 Å². The summed E-state index contributed by atoms with van der Waals surface area (Å²) in [5, 5.41) is 10.5. The second-order valence-electron chi connectivity index (χ2n) is 4.61. The minimum Gasteiger partial charge on any atom is -0.355 e. The molecular formula is C12H21N5O. The van der Waals surface area contributed by atoms with Crippen molar-refractivity contribution >= 4 is 5.91 Å². The van der Waals surface area contributed by atoms with E-state index in [9.17, 15) is 4.79 Å². The Hall–Kier alpha value is -1.40. The van der Waals surface area contributed by atoms with E-state index in [2.05, 4.69) is 20.6 Å². The SMILES string of the molecule is Cn1ccc(CCNC(=O)CN2CCNCC2)n1. The molecule has 1 saturated heterocycles. The molecule has 0 bridgehead atoms. The highest BCUT2D eigenvalue weighted by molar-refractivity contribution is 5.78. The first-order valence-corrected chi connectivity index (χ1v) is 6.42. The van der Waals surface area contributed by atoms with Crippen LogP contribution in [0, 0.1) is 0 Å². The number of rotatable bonds is 5. The summed E-state index contributed by atoms with van der Waals surface area (Å²) < 4.78 is 1.78. The van der Waals surface area contributed by atoms with Crippen LogP contribution in [0.25, 0.3) is 0 Å². The van der Waals surface area contributed by atoms with E-state index >= 15 is 0 Å².